The molecule has 2 unspecified atom stereocenters. The van der Waals surface area contributed by atoms with Crippen LogP contribution in [-0.2, 0) is 12.6 Å². The van der Waals surface area contributed by atoms with E-state index in [4.69, 9.17) is 4.74 Å². The number of fused-ring (bicyclic) bond motifs is 4. The monoisotopic (exact) mass is 291 g/mol. The second-order valence-corrected chi connectivity index (χ2v) is 5.40. The number of anilines is 1. The Balaban J connectivity index is 1.71. The molecule has 2 aliphatic rings. The Morgan fingerprint density at radius 2 is 1.90 bits per heavy atom. The number of ether oxygens (including phenoxy) is 1. The molecule has 0 amide bonds. The zero-order chi connectivity index (χ0) is 14.6. The molecule has 4 rings (SSSR count). The fourth-order valence-corrected chi connectivity index (χ4v) is 3.09. The topological polar surface area (TPSA) is 21.3 Å². The molecule has 1 heterocycles. The highest BCUT2D eigenvalue weighted by molar-refractivity contribution is 5.62. The molecule has 0 fully saturated rings. The summed E-state index contributed by atoms with van der Waals surface area (Å²) < 4.78 is 44.2. The molecule has 108 valence electrons. The van der Waals surface area contributed by atoms with Crippen molar-refractivity contribution < 1.29 is 17.9 Å². The van der Waals surface area contributed by atoms with Crippen LogP contribution in [-0.4, -0.2) is 6.04 Å². The Labute approximate surface area is 119 Å². The highest BCUT2D eigenvalue weighted by atomic mass is 19.4. The highest BCUT2D eigenvalue weighted by Crippen LogP contribution is 2.45. The van der Waals surface area contributed by atoms with Gasteiger partial charge in [-0.25, -0.2) is 0 Å². The molecule has 1 aliphatic carbocycles. The lowest BCUT2D eigenvalue weighted by Crippen LogP contribution is -2.32. The van der Waals surface area contributed by atoms with Crippen molar-refractivity contribution in [1.29, 1.82) is 0 Å². The summed E-state index contributed by atoms with van der Waals surface area (Å²) in [6.07, 6.45) is -3.71. The Hall–Kier alpha value is -2.17. The maximum absolute atomic E-state index is 12.8. The molecular weight excluding hydrogens is 279 g/mol. The van der Waals surface area contributed by atoms with Crippen LogP contribution >= 0.6 is 0 Å². The lowest BCUT2D eigenvalue weighted by atomic mass is 10.1. The highest BCUT2D eigenvalue weighted by Gasteiger charge is 2.39. The van der Waals surface area contributed by atoms with E-state index >= 15 is 0 Å². The van der Waals surface area contributed by atoms with Crippen LogP contribution in [0.3, 0.4) is 0 Å². The molecule has 2 aromatic rings. The molecular formula is C16H12F3NO. The van der Waals surface area contributed by atoms with Crippen LogP contribution in [0.2, 0.25) is 0 Å². The van der Waals surface area contributed by atoms with Crippen molar-refractivity contribution in [3.63, 3.8) is 0 Å². The van der Waals surface area contributed by atoms with Crippen molar-refractivity contribution in [2.45, 2.75) is 24.7 Å². The third-order valence-electron chi connectivity index (χ3n) is 4.07. The third-order valence-corrected chi connectivity index (χ3v) is 4.07. The number of nitrogens with one attached hydrogen (secondary N) is 1. The second-order valence-electron chi connectivity index (χ2n) is 5.40. The quantitative estimate of drug-likeness (QED) is 0.786. The predicted molar refractivity (Wildman–Crippen MR) is 72.4 cm³/mol. The fraction of sp³-hybridized carbons (Fsp3) is 0.250. The molecule has 1 aliphatic heterocycles. The number of hydrogen-bond donors (Lipinski definition) is 1. The average Bonchev–Trinajstić information content (AvgIpc) is 2.81. The van der Waals surface area contributed by atoms with Crippen LogP contribution in [0.1, 0.15) is 22.8 Å². The molecule has 0 aromatic heterocycles. The van der Waals surface area contributed by atoms with Crippen molar-refractivity contribution in [1.82, 2.24) is 0 Å². The molecule has 0 spiro atoms. The number of rotatable bonds is 0. The first kappa shape index (κ1) is 12.6. The number of hydrogen-bond acceptors (Lipinski definition) is 2. The SMILES string of the molecule is FC(F)(F)c1ccc2c(c1)NC1Cc3ccccc3C1O2. The average molecular weight is 291 g/mol. The summed E-state index contributed by atoms with van der Waals surface area (Å²) in [7, 11) is 0. The second kappa shape index (κ2) is 4.16. The van der Waals surface area contributed by atoms with E-state index in [2.05, 4.69) is 5.32 Å². The van der Waals surface area contributed by atoms with Crippen LogP contribution in [0.4, 0.5) is 18.9 Å². The predicted octanol–water partition coefficient (Wildman–Crippen LogP) is 4.18. The Morgan fingerprint density at radius 1 is 1.10 bits per heavy atom. The van der Waals surface area contributed by atoms with E-state index in [-0.39, 0.29) is 12.1 Å². The van der Waals surface area contributed by atoms with Crippen LogP contribution in [0, 0.1) is 0 Å². The largest absolute Gasteiger partial charge is 0.481 e. The minimum atomic E-state index is -4.34. The summed E-state index contributed by atoms with van der Waals surface area (Å²) in [5, 5.41) is 3.19. The molecule has 0 saturated carbocycles. The van der Waals surface area contributed by atoms with Crippen LogP contribution in [0.15, 0.2) is 42.5 Å². The smallest absolute Gasteiger partial charge is 0.416 e. The Kier molecular flexibility index (Phi) is 2.49. The van der Waals surface area contributed by atoms with Gasteiger partial charge in [-0.1, -0.05) is 24.3 Å². The van der Waals surface area contributed by atoms with Gasteiger partial charge in [-0.15, -0.1) is 0 Å². The molecule has 2 nitrogen and oxygen atoms in total. The van der Waals surface area contributed by atoms with Crippen molar-refractivity contribution >= 4 is 5.69 Å². The van der Waals surface area contributed by atoms with Gasteiger partial charge in [-0.2, -0.15) is 13.2 Å². The van der Waals surface area contributed by atoms with Crippen molar-refractivity contribution in [2.75, 3.05) is 5.32 Å². The first-order chi connectivity index (χ1) is 10.0. The van der Waals surface area contributed by atoms with Gasteiger partial charge in [0.05, 0.1) is 17.3 Å². The van der Waals surface area contributed by atoms with Gasteiger partial charge >= 0.3 is 6.18 Å². The van der Waals surface area contributed by atoms with E-state index < -0.39 is 11.7 Å². The van der Waals surface area contributed by atoms with E-state index in [1.54, 1.807) is 0 Å². The van der Waals surface area contributed by atoms with Crippen molar-refractivity contribution in [3.8, 4) is 5.75 Å². The molecule has 5 heteroatoms. The molecule has 0 bridgehead atoms. The maximum Gasteiger partial charge on any atom is 0.416 e. The van der Waals surface area contributed by atoms with Gasteiger partial charge in [-0.05, 0) is 35.7 Å². The minimum absolute atomic E-state index is 0.0154. The molecule has 2 atom stereocenters. The van der Waals surface area contributed by atoms with E-state index in [0.717, 1.165) is 24.1 Å². The van der Waals surface area contributed by atoms with Crippen LogP contribution in [0.5, 0.6) is 5.75 Å². The van der Waals surface area contributed by atoms with Crippen molar-refractivity contribution in [2.24, 2.45) is 0 Å². The summed E-state index contributed by atoms with van der Waals surface area (Å²) in [5.41, 5.74) is 2.05. The van der Waals surface area contributed by atoms with Gasteiger partial charge in [0.2, 0.25) is 0 Å². The summed E-state index contributed by atoms with van der Waals surface area (Å²) >= 11 is 0. The van der Waals surface area contributed by atoms with E-state index in [1.165, 1.54) is 11.6 Å². The molecule has 0 saturated heterocycles. The summed E-state index contributed by atoms with van der Waals surface area (Å²) in [4.78, 5) is 0. The summed E-state index contributed by atoms with van der Waals surface area (Å²) in [6.45, 7) is 0. The van der Waals surface area contributed by atoms with E-state index in [9.17, 15) is 13.2 Å². The van der Waals surface area contributed by atoms with Gasteiger partial charge < -0.3 is 10.1 Å². The first-order valence-corrected chi connectivity index (χ1v) is 6.74. The summed E-state index contributed by atoms with van der Waals surface area (Å²) in [5.74, 6) is 0.473. The van der Waals surface area contributed by atoms with E-state index in [1.807, 2.05) is 24.3 Å². The van der Waals surface area contributed by atoms with Gasteiger partial charge in [-0.3, -0.25) is 0 Å². The number of halogens is 3. The van der Waals surface area contributed by atoms with Crippen molar-refractivity contribution in [3.05, 3.63) is 59.2 Å². The normalized spacial score (nSPS) is 22.6. The molecule has 0 radical (unpaired) electrons. The van der Waals surface area contributed by atoms with Gasteiger partial charge in [0.15, 0.2) is 0 Å². The number of alkyl halides is 3. The zero-order valence-corrected chi connectivity index (χ0v) is 10.9. The van der Waals surface area contributed by atoms with E-state index in [0.29, 0.717) is 11.4 Å². The lowest BCUT2D eigenvalue weighted by Gasteiger charge is -2.31. The fourth-order valence-electron chi connectivity index (χ4n) is 3.09. The third kappa shape index (κ3) is 1.95. The maximum atomic E-state index is 12.8. The van der Waals surface area contributed by atoms with Crippen LogP contribution in [0.25, 0.3) is 0 Å². The standard InChI is InChI=1S/C16H12F3NO/c17-16(18,19)10-5-6-14-12(8-10)20-13-7-9-3-1-2-4-11(9)15(13)21-14/h1-6,8,13,15,20H,7H2. The zero-order valence-electron chi connectivity index (χ0n) is 10.9. The number of benzene rings is 2. The van der Waals surface area contributed by atoms with Gasteiger partial charge in [0.1, 0.15) is 11.9 Å². The molecule has 2 aromatic carbocycles. The van der Waals surface area contributed by atoms with Gasteiger partial charge in [0, 0.05) is 0 Å². The molecule has 21 heavy (non-hydrogen) atoms. The first-order valence-electron chi connectivity index (χ1n) is 6.74. The lowest BCUT2D eigenvalue weighted by molar-refractivity contribution is -0.137. The van der Waals surface area contributed by atoms with Crippen LogP contribution < -0.4 is 10.1 Å². The minimum Gasteiger partial charge on any atom is -0.481 e. The van der Waals surface area contributed by atoms with Gasteiger partial charge in [0.25, 0.3) is 0 Å². The Bertz CT molecular complexity index is 711. The molecule has 1 N–H and O–H groups in total. The summed E-state index contributed by atoms with van der Waals surface area (Å²) in [6, 6.07) is 11.5. The Morgan fingerprint density at radius 3 is 2.71 bits per heavy atom.